The van der Waals surface area contributed by atoms with E-state index in [2.05, 4.69) is 16.8 Å². The number of thiophene rings is 1. The fourth-order valence-electron chi connectivity index (χ4n) is 1.80. The summed E-state index contributed by atoms with van der Waals surface area (Å²) in [6, 6.07) is 3.78. The second-order valence-corrected chi connectivity index (χ2v) is 7.42. The molecule has 118 valence electrons. The molecule has 0 unspecified atom stereocenters. The molecule has 0 aliphatic carbocycles. The number of carbonyl (C=O) groups is 1. The molecule has 0 N–H and O–H groups in total. The number of aromatic nitrogens is 3. The summed E-state index contributed by atoms with van der Waals surface area (Å²) in [5.74, 6) is 1.18. The zero-order valence-electron chi connectivity index (χ0n) is 12.5. The van der Waals surface area contributed by atoms with Crippen molar-refractivity contribution in [3.05, 3.63) is 39.8 Å². The van der Waals surface area contributed by atoms with Crippen molar-refractivity contribution in [3.63, 3.8) is 0 Å². The Balaban J connectivity index is 1.90. The predicted molar refractivity (Wildman–Crippen MR) is 91.5 cm³/mol. The van der Waals surface area contributed by atoms with Crippen LogP contribution in [0.15, 0.2) is 29.9 Å². The first kappa shape index (κ1) is 17.1. The fourth-order valence-corrected chi connectivity index (χ4v) is 3.88. The largest absolute Gasteiger partial charge is 0.340 e. The minimum absolute atomic E-state index is 0.0420. The molecule has 2 aromatic heterocycles. The molecule has 0 aliphatic heterocycles. The minimum atomic E-state index is 0.0420. The molecule has 0 bridgehead atoms. The van der Waals surface area contributed by atoms with E-state index in [-0.39, 0.29) is 5.91 Å². The van der Waals surface area contributed by atoms with Crippen LogP contribution in [0, 0.1) is 6.92 Å². The molecule has 0 aromatic carbocycles. The Morgan fingerprint density at radius 2 is 2.32 bits per heavy atom. The van der Waals surface area contributed by atoms with E-state index in [1.807, 2.05) is 23.6 Å². The summed E-state index contributed by atoms with van der Waals surface area (Å²) >= 11 is 8.77. The Bertz CT molecular complexity index is 668. The van der Waals surface area contributed by atoms with Crippen molar-refractivity contribution < 1.29 is 4.79 Å². The SMILES string of the molecule is C=CCn1c(C)nnc1SCC(=O)N(C)Cc1ccc(Cl)s1. The van der Waals surface area contributed by atoms with E-state index in [1.165, 1.54) is 23.1 Å². The van der Waals surface area contributed by atoms with Gasteiger partial charge in [-0.15, -0.1) is 28.1 Å². The van der Waals surface area contributed by atoms with Gasteiger partial charge >= 0.3 is 0 Å². The molecule has 2 heterocycles. The predicted octanol–water partition coefficient (Wildman–Crippen LogP) is 3.24. The summed E-state index contributed by atoms with van der Waals surface area (Å²) in [5, 5.41) is 8.86. The maximum Gasteiger partial charge on any atom is 0.233 e. The molecular formula is C14H17ClN4OS2. The van der Waals surface area contributed by atoms with Gasteiger partial charge in [-0.05, 0) is 19.1 Å². The lowest BCUT2D eigenvalue weighted by molar-refractivity contribution is -0.127. The van der Waals surface area contributed by atoms with Gasteiger partial charge in [-0.1, -0.05) is 29.4 Å². The second kappa shape index (κ2) is 7.80. The molecule has 2 rings (SSSR count). The Morgan fingerprint density at radius 1 is 1.55 bits per heavy atom. The molecule has 0 radical (unpaired) electrons. The molecule has 0 saturated heterocycles. The fraction of sp³-hybridized carbons (Fsp3) is 0.357. The number of aryl methyl sites for hydroxylation is 1. The average molecular weight is 357 g/mol. The summed E-state index contributed by atoms with van der Waals surface area (Å²) < 4.78 is 2.67. The van der Waals surface area contributed by atoms with Crippen LogP contribution in [0.5, 0.6) is 0 Å². The Morgan fingerprint density at radius 3 is 2.95 bits per heavy atom. The number of carbonyl (C=O) groups excluding carboxylic acids is 1. The van der Waals surface area contributed by atoms with Crippen molar-refractivity contribution in [2.75, 3.05) is 12.8 Å². The molecular weight excluding hydrogens is 340 g/mol. The summed E-state index contributed by atoms with van der Waals surface area (Å²) in [6.45, 7) is 6.81. The number of amides is 1. The normalized spacial score (nSPS) is 10.7. The first-order valence-electron chi connectivity index (χ1n) is 6.63. The second-order valence-electron chi connectivity index (χ2n) is 4.67. The van der Waals surface area contributed by atoms with E-state index in [9.17, 15) is 4.79 Å². The van der Waals surface area contributed by atoms with E-state index in [1.54, 1.807) is 18.0 Å². The molecule has 0 atom stereocenters. The number of thioether (sulfide) groups is 1. The summed E-state index contributed by atoms with van der Waals surface area (Å²) in [7, 11) is 1.79. The van der Waals surface area contributed by atoms with Crippen LogP contribution in [0.4, 0.5) is 0 Å². The Kier molecular flexibility index (Phi) is 6.05. The highest BCUT2D eigenvalue weighted by Gasteiger charge is 2.14. The van der Waals surface area contributed by atoms with Gasteiger partial charge in [0.15, 0.2) is 5.16 Å². The number of allylic oxidation sites excluding steroid dienone is 1. The smallest absolute Gasteiger partial charge is 0.233 e. The van der Waals surface area contributed by atoms with E-state index in [0.29, 0.717) is 18.8 Å². The number of hydrogen-bond donors (Lipinski definition) is 0. The number of halogens is 1. The number of hydrogen-bond acceptors (Lipinski definition) is 5. The highest BCUT2D eigenvalue weighted by atomic mass is 35.5. The topological polar surface area (TPSA) is 51.0 Å². The summed E-state index contributed by atoms with van der Waals surface area (Å²) in [4.78, 5) is 15.0. The van der Waals surface area contributed by atoms with Gasteiger partial charge in [0.05, 0.1) is 16.6 Å². The standard InChI is InChI=1S/C14H17ClN4OS2/c1-4-7-19-10(2)16-17-14(19)21-9-13(20)18(3)8-11-5-6-12(15)22-11/h4-6H,1,7-9H2,2-3H3. The van der Waals surface area contributed by atoms with Crippen LogP contribution in [0.2, 0.25) is 4.34 Å². The number of nitrogens with zero attached hydrogens (tertiary/aromatic N) is 4. The van der Waals surface area contributed by atoms with Crippen LogP contribution in [0.3, 0.4) is 0 Å². The van der Waals surface area contributed by atoms with Crippen LogP contribution in [0.25, 0.3) is 0 Å². The molecule has 0 saturated carbocycles. The maximum atomic E-state index is 12.2. The first-order chi connectivity index (χ1) is 10.5. The van der Waals surface area contributed by atoms with E-state index < -0.39 is 0 Å². The van der Waals surface area contributed by atoms with Gasteiger partial charge in [0.2, 0.25) is 5.91 Å². The lowest BCUT2D eigenvalue weighted by Gasteiger charge is -2.15. The monoisotopic (exact) mass is 356 g/mol. The van der Waals surface area contributed by atoms with E-state index in [4.69, 9.17) is 11.6 Å². The van der Waals surface area contributed by atoms with Crippen molar-refractivity contribution in [3.8, 4) is 0 Å². The average Bonchev–Trinajstić information content (AvgIpc) is 3.04. The van der Waals surface area contributed by atoms with Crippen molar-refractivity contribution in [1.82, 2.24) is 19.7 Å². The lowest BCUT2D eigenvalue weighted by Crippen LogP contribution is -2.27. The highest BCUT2D eigenvalue weighted by Crippen LogP contribution is 2.23. The summed E-state index contributed by atoms with van der Waals surface area (Å²) in [5.41, 5.74) is 0. The first-order valence-corrected chi connectivity index (χ1v) is 8.81. The lowest BCUT2D eigenvalue weighted by atomic mass is 10.4. The third-order valence-electron chi connectivity index (χ3n) is 2.99. The zero-order chi connectivity index (χ0) is 16.1. The minimum Gasteiger partial charge on any atom is -0.340 e. The van der Waals surface area contributed by atoms with Crippen molar-refractivity contribution in [1.29, 1.82) is 0 Å². The van der Waals surface area contributed by atoms with Crippen molar-refractivity contribution in [2.45, 2.75) is 25.2 Å². The van der Waals surface area contributed by atoms with Gasteiger partial charge in [0.1, 0.15) is 5.82 Å². The molecule has 22 heavy (non-hydrogen) atoms. The van der Waals surface area contributed by atoms with Crippen LogP contribution < -0.4 is 0 Å². The van der Waals surface area contributed by atoms with Gasteiger partial charge in [0, 0.05) is 18.5 Å². The quantitative estimate of drug-likeness (QED) is 0.564. The molecule has 2 aromatic rings. The van der Waals surface area contributed by atoms with Gasteiger partial charge in [-0.25, -0.2) is 0 Å². The molecule has 0 spiro atoms. The maximum absolute atomic E-state index is 12.2. The van der Waals surface area contributed by atoms with Crippen LogP contribution in [0.1, 0.15) is 10.7 Å². The Hall–Kier alpha value is -1.31. The third kappa shape index (κ3) is 4.34. The Labute approximate surface area is 143 Å². The van der Waals surface area contributed by atoms with Gasteiger partial charge in [-0.2, -0.15) is 0 Å². The highest BCUT2D eigenvalue weighted by molar-refractivity contribution is 7.99. The zero-order valence-corrected chi connectivity index (χ0v) is 14.8. The van der Waals surface area contributed by atoms with Crippen molar-refractivity contribution in [2.24, 2.45) is 0 Å². The number of rotatable bonds is 7. The molecule has 5 nitrogen and oxygen atoms in total. The van der Waals surface area contributed by atoms with E-state index >= 15 is 0 Å². The molecule has 0 fully saturated rings. The third-order valence-corrected chi connectivity index (χ3v) is 5.15. The summed E-state index contributed by atoms with van der Waals surface area (Å²) in [6.07, 6.45) is 1.79. The molecule has 8 heteroatoms. The van der Waals surface area contributed by atoms with Gasteiger partial charge in [0.25, 0.3) is 0 Å². The van der Waals surface area contributed by atoms with Gasteiger partial charge in [-0.3, -0.25) is 4.79 Å². The van der Waals surface area contributed by atoms with Gasteiger partial charge < -0.3 is 9.47 Å². The molecule has 0 aliphatic rings. The van der Waals surface area contributed by atoms with Crippen LogP contribution >= 0.6 is 34.7 Å². The van der Waals surface area contributed by atoms with Crippen LogP contribution in [-0.2, 0) is 17.9 Å². The van der Waals surface area contributed by atoms with E-state index in [0.717, 1.165) is 20.2 Å². The molecule has 1 amide bonds. The van der Waals surface area contributed by atoms with Crippen molar-refractivity contribution >= 4 is 40.6 Å². The van der Waals surface area contributed by atoms with Crippen LogP contribution in [-0.4, -0.2) is 38.4 Å².